The molecule has 2 heterocycles. The summed E-state index contributed by atoms with van der Waals surface area (Å²) in [5, 5.41) is 3.05. The molecule has 2 aliphatic heterocycles. The van der Waals surface area contributed by atoms with Crippen molar-refractivity contribution < 1.29 is 18.7 Å². The van der Waals surface area contributed by atoms with Crippen molar-refractivity contribution in [2.24, 2.45) is 5.92 Å². The molecule has 0 radical (unpaired) electrons. The van der Waals surface area contributed by atoms with Crippen molar-refractivity contribution in [1.29, 1.82) is 0 Å². The summed E-state index contributed by atoms with van der Waals surface area (Å²) in [5.41, 5.74) is 1.93. The predicted molar refractivity (Wildman–Crippen MR) is 121 cm³/mol. The van der Waals surface area contributed by atoms with Gasteiger partial charge in [0.1, 0.15) is 17.7 Å². The fourth-order valence-electron chi connectivity index (χ4n) is 4.29. The van der Waals surface area contributed by atoms with Crippen LogP contribution in [0.3, 0.4) is 0 Å². The van der Waals surface area contributed by atoms with Crippen molar-refractivity contribution in [2.75, 3.05) is 39.9 Å². The molecule has 0 aromatic heterocycles. The van der Waals surface area contributed by atoms with E-state index < -0.39 is 0 Å². The molecule has 0 aliphatic carbocycles. The Labute approximate surface area is 189 Å². The summed E-state index contributed by atoms with van der Waals surface area (Å²) in [6, 6.07) is 14.1. The number of urea groups is 1. The second-order valence-corrected chi connectivity index (χ2v) is 8.83. The number of rotatable bonds is 8. The third-order valence-electron chi connectivity index (χ3n) is 6.10. The molecule has 2 aromatic rings. The molecule has 4 rings (SSSR count). The number of ether oxygens (including phenoxy) is 2. The lowest BCUT2D eigenvalue weighted by atomic mass is 10.1. The van der Waals surface area contributed by atoms with Crippen LogP contribution in [0.5, 0.6) is 5.75 Å². The highest BCUT2D eigenvalue weighted by Gasteiger charge is 2.24. The summed E-state index contributed by atoms with van der Waals surface area (Å²) in [5.74, 6) is 0.996. The molecule has 1 N–H and O–H groups in total. The summed E-state index contributed by atoms with van der Waals surface area (Å²) in [6.45, 7) is 5.01. The Bertz CT molecular complexity index is 869. The Balaban J connectivity index is 1.33. The summed E-state index contributed by atoms with van der Waals surface area (Å²) >= 11 is 0. The maximum atomic E-state index is 13.3. The second-order valence-electron chi connectivity index (χ2n) is 8.83. The molecule has 2 amide bonds. The minimum absolute atomic E-state index is 0.104. The Morgan fingerprint density at radius 1 is 1.16 bits per heavy atom. The molecule has 6 nitrogen and oxygen atoms in total. The molecule has 0 saturated carbocycles. The van der Waals surface area contributed by atoms with Gasteiger partial charge in [0.05, 0.1) is 13.2 Å². The quantitative estimate of drug-likeness (QED) is 0.679. The molecule has 2 fully saturated rings. The van der Waals surface area contributed by atoms with Crippen LogP contribution in [-0.4, -0.2) is 61.8 Å². The standard InChI is InChI=1S/C25H32FN3O3/c1-28-12-10-21(15-28)17-29(16-20-2-6-22(26)7-3-20)25(30)27-14-19-4-8-23(9-5-19)32-24-11-13-31-18-24/h2-9,21,24H,10-18H2,1H3,(H,27,30)/t21-,24?/m1/s1. The molecule has 32 heavy (non-hydrogen) atoms. The van der Waals surface area contributed by atoms with Crippen molar-refractivity contribution in [3.63, 3.8) is 0 Å². The maximum Gasteiger partial charge on any atom is 0.317 e. The largest absolute Gasteiger partial charge is 0.488 e. The first-order valence-corrected chi connectivity index (χ1v) is 11.3. The Hall–Kier alpha value is -2.64. The minimum Gasteiger partial charge on any atom is -0.488 e. The first-order valence-electron chi connectivity index (χ1n) is 11.3. The van der Waals surface area contributed by atoms with E-state index in [0.29, 0.717) is 32.2 Å². The molecular weight excluding hydrogens is 409 g/mol. The average molecular weight is 442 g/mol. The highest BCUT2D eigenvalue weighted by atomic mass is 19.1. The van der Waals surface area contributed by atoms with Gasteiger partial charge in [0.25, 0.3) is 0 Å². The first-order chi connectivity index (χ1) is 15.5. The van der Waals surface area contributed by atoms with Crippen LogP contribution >= 0.6 is 0 Å². The molecule has 172 valence electrons. The number of amides is 2. The van der Waals surface area contributed by atoms with Gasteiger partial charge in [-0.15, -0.1) is 0 Å². The molecule has 2 aliphatic rings. The number of nitrogens with one attached hydrogen (secondary N) is 1. The highest BCUT2D eigenvalue weighted by Crippen LogP contribution is 2.19. The van der Waals surface area contributed by atoms with Crippen molar-refractivity contribution in [1.82, 2.24) is 15.1 Å². The number of carbonyl (C=O) groups is 1. The van der Waals surface area contributed by atoms with E-state index in [1.807, 2.05) is 29.2 Å². The Morgan fingerprint density at radius 3 is 2.56 bits per heavy atom. The number of likely N-dealkylation sites (tertiary alicyclic amines) is 1. The summed E-state index contributed by atoms with van der Waals surface area (Å²) in [4.78, 5) is 17.2. The average Bonchev–Trinajstić information content (AvgIpc) is 3.45. The molecular formula is C25H32FN3O3. The highest BCUT2D eigenvalue weighted by molar-refractivity contribution is 5.74. The van der Waals surface area contributed by atoms with Crippen LogP contribution in [0.1, 0.15) is 24.0 Å². The van der Waals surface area contributed by atoms with E-state index in [1.165, 1.54) is 12.1 Å². The number of nitrogens with zero attached hydrogens (tertiary/aromatic N) is 2. The second kappa shape index (κ2) is 10.8. The van der Waals surface area contributed by atoms with Crippen molar-refractivity contribution in [3.05, 3.63) is 65.5 Å². The van der Waals surface area contributed by atoms with Gasteiger partial charge in [0.15, 0.2) is 0 Å². The van der Waals surface area contributed by atoms with Gasteiger partial charge in [0.2, 0.25) is 0 Å². The number of hydrogen-bond donors (Lipinski definition) is 1. The van der Waals surface area contributed by atoms with Crippen LogP contribution in [0.2, 0.25) is 0 Å². The van der Waals surface area contributed by atoms with Gasteiger partial charge in [-0.05, 0) is 61.3 Å². The van der Waals surface area contributed by atoms with Crippen LogP contribution in [0.25, 0.3) is 0 Å². The third kappa shape index (κ3) is 6.43. The number of hydrogen-bond acceptors (Lipinski definition) is 4. The SMILES string of the molecule is CN1CC[C@@H](CN(Cc2ccc(F)cc2)C(=O)NCc2ccc(OC3CCOC3)cc2)C1. The smallest absolute Gasteiger partial charge is 0.317 e. The number of benzene rings is 2. The van der Waals surface area contributed by atoms with Gasteiger partial charge < -0.3 is 24.6 Å². The lowest BCUT2D eigenvalue weighted by molar-refractivity contribution is 0.141. The fraction of sp³-hybridized carbons (Fsp3) is 0.480. The molecule has 2 saturated heterocycles. The summed E-state index contributed by atoms with van der Waals surface area (Å²) in [7, 11) is 2.11. The van der Waals surface area contributed by atoms with Gasteiger partial charge >= 0.3 is 6.03 Å². The van der Waals surface area contributed by atoms with E-state index in [0.717, 1.165) is 49.4 Å². The fourth-order valence-corrected chi connectivity index (χ4v) is 4.29. The van der Waals surface area contributed by atoms with Crippen molar-refractivity contribution in [2.45, 2.75) is 32.0 Å². The van der Waals surface area contributed by atoms with Gasteiger partial charge in [-0.25, -0.2) is 9.18 Å². The molecule has 2 atom stereocenters. The van der Waals surface area contributed by atoms with E-state index in [4.69, 9.17) is 9.47 Å². The van der Waals surface area contributed by atoms with Crippen molar-refractivity contribution >= 4 is 6.03 Å². The van der Waals surface area contributed by atoms with E-state index in [-0.39, 0.29) is 18.0 Å². The zero-order valence-corrected chi connectivity index (χ0v) is 18.6. The van der Waals surface area contributed by atoms with Gasteiger partial charge in [0, 0.05) is 32.6 Å². The van der Waals surface area contributed by atoms with E-state index in [2.05, 4.69) is 17.3 Å². The predicted octanol–water partition coefficient (Wildman–Crippen LogP) is 3.66. The molecule has 7 heteroatoms. The molecule has 0 bridgehead atoms. The number of carbonyl (C=O) groups excluding carboxylic acids is 1. The van der Waals surface area contributed by atoms with Crippen LogP contribution in [0.15, 0.2) is 48.5 Å². The van der Waals surface area contributed by atoms with Crippen LogP contribution in [0, 0.1) is 11.7 Å². The van der Waals surface area contributed by atoms with Crippen molar-refractivity contribution in [3.8, 4) is 5.75 Å². The van der Waals surface area contributed by atoms with Crippen LogP contribution in [0.4, 0.5) is 9.18 Å². The zero-order valence-electron chi connectivity index (χ0n) is 18.6. The Morgan fingerprint density at radius 2 is 1.91 bits per heavy atom. The minimum atomic E-state index is -0.268. The van der Waals surface area contributed by atoms with E-state index in [9.17, 15) is 9.18 Å². The summed E-state index contributed by atoms with van der Waals surface area (Å²) < 4.78 is 24.5. The Kier molecular flexibility index (Phi) is 7.60. The molecule has 1 unspecified atom stereocenters. The first kappa shape index (κ1) is 22.6. The van der Waals surface area contributed by atoms with Gasteiger partial charge in [-0.2, -0.15) is 0 Å². The van der Waals surface area contributed by atoms with Gasteiger partial charge in [-0.3, -0.25) is 0 Å². The zero-order chi connectivity index (χ0) is 22.3. The molecule has 0 spiro atoms. The summed E-state index contributed by atoms with van der Waals surface area (Å²) in [6.07, 6.45) is 2.12. The van der Waals surface area contributed by atoms with Crippen LogP contribution in [-0.2, 0) is 17.8 Å². The van der Waals surface area contributed by atoms with E-state index in [1.54, 1.807) is 12.1 Å². The third-order valence-corrected chi connectivity index (χ3v) is 6.10. The van der Waals surface area contributed by atoms with E-state index >= 15 is 0 Å². The topological polar surface area (TPSA) is 54.0 Å². The lowest BCUT2D eigenvalue weighted by Crippen LogP contribution is -2.42. The van der Waals surface area contributed by atoms with Gasteiger partial charge in [-0.1, -0.05) is 24.3 Å². The monoisotopic (exact) mass is 441 g/mol. The maximum absolute atomic E-state index is 13.3. The number of halogens is 1. The normalized spacial score (nSPS) is 20.9. The van der Waals surface area contributed by atoms with Crippen LogP contribution < -0.4 is 10.1 Å². The lowest BCUT2D eigenvalue weighted by Gasteiger charge is -2.26. The molecule has 2 aromatic carbocycles.